The molecule has 0 aliphatic rings. The summed E-state index contributed by atoms with van der Waals surface area (Å²) in [5.41, 5.74) is 4.07. The van der Waals surface area contributed by atoms with Crippen molar-refractivity contribution in [3.8, 4) is 11.5 Å². The van der Waals surface area contributed by atoms with Gasteiger partial charge in [0.1, 0.15) is 5.76 Å². The Kier molecular flexibility index (Phi) is 6.58. The summed E-state index contributed by atoms with van der Waals surface area (Å²) in [6.07, 6.45) is 5.62. The number of nitrogens with one attached hydrogen (secondary N) is 1. The number of carbonyl (C=O) groups is 1. The van der Waals surface area contributed by atoms with Gasteiger partial charge in [0.05, 0.1) is 12.1 Å². The minimum atomic E-state index is -0.0377. The van der Waals surface area contributed by atoms with Gasteiger partial charge in [-0.05, 0) is 55.0 Å². The quantitative estimate of drug-likeness (QED) is 0.589. The van der Waals surface area contributed by atoms with E-state index in [2.05, 4.69) is 41.3 Å². The van der Waals surface area contributed by atoms with E-state index in [-0.39, 0.29) is 12.3 Å². The van der Waals surface area contributed by atoms with Crippen LogP contribution in [0.2, 0.25) is 0 Å². The van der Waals surface area contributed by atoms with Crippen molar-refractivity contribution in [1.29, 1.82) is 0 Å². The first kappa shape index (κ1) is 19.8. The summed E-state index contributed by atoms with van der Waals surface area (Å²) in [5, 5.41) is 2.96. The molecule has 3 rings (SSSR count). The highest BCUT2D eigenvalue weighted by Gasteiger charge is 2.14. The van der Waals surface area contributed by atoms with Crippen LogP contribution >= 0.6 is 0 Å². The Morgan fingerprint density at radius 1 is 1.18 bits per heavy atom. The van der Waals surface area contributed by atoms with Crippen molar-refractivity contribution in [2.24, 2.45) is 0 Å². The first-order chi connectivity index (χ1) is 13.5. The number of pyridine rings is 1. The molecule has 0 atom stereocenters. The first-order valence-electron chi connectivity index (χ1n) is 9.75. The second kappa shape index (κ2) is 9.31. The molecule has 0 bridgehead atoms. The Labute approximate surface area is 166 Å². The second-order valence-electron chi connectivity index (χ2n) is 7.29. The molecule has 2 aromatic heterocycles. The summed E-state index contributed by atoms with van der Waals surface area (Å²) in [4.78, 5) is 20.9. The number of carbonyl (C=O) groups excluding carboxylic acids is 1. The van der Waals surface area contributed by atoms with Gasteiger partial charge in [0.25, 0.3) is 0 Å². The van der Waals surface area contributed by atoms with Crippen molar-refractivity contribution < 1.29 is 9.21 Å². The molecule has 0 aliphatic carbocycles. The van der Waals surface area contributed by atoms with E-state index in [4.69, 9.17) is 4.42 Å². The molecule has 1 aromatic carbocycles. The predicted octanol–water partition coefficient (Wildman–Crippen LogP) is 4.46. The second-order valence-corrected chi connectivity index (χ2v) is 7.29. The lowest BCUT2D eigenvalue weighted by Gasteiger charge is -2.05. The minimum absolute atomic E-state index is 0.0377. The van der Waals surface area contributed by atoms with Crippen LogP contribution in [-0.4, -0.2) is 22.4 Å². The third-order valence-corrected chi connectivity index (χ3v) is 4.73. The molecule has 0 aliphatic heterocycles. The van der Waals surface area contributed by atoms with Crippen molar-refractivity contribution in [3.05, 3.63) is 71.4 Å². The predicted molar refractivity (Wildman–Crippen MR) is 110 cm³/mol. The van der Waals surface area contributed by atoms with E-state index in [1.165, 1.54) is 11.1 Å². The average Bonchev–Trinajstić information content (AvgIpc) is 3.06. The SMILES string of the molecule is Cc1oc(-c2ccc(C(C)C)cc2)nc1CC(=O)NCCCc1cccnc1. The molecule has 28 heavy (non-hydrogen) atoms. The van der Waals surface area contributed by atoms with Crippen LogP contribution in [0.4, 0.5) is 0 Å². The van der Waals surface area contributed by atoms with Crippen molar-refractivity contribution in [3.63, 3.8) is 0 Å². The van der Waals surface area contributed by atoms with Gasteiger partial charge in [-0.2, -0.15) is 0 Å². The average molecular weight is 377 g/mol. The molecule has 0 fully saturated rings. The molecule has 2 heterocycles. The van der Waals surface area contributed by atoms with Gasteiger partial charge >= 0.3 is 0 Å². The monoisotopic (exact) mass is 377 g/mol. The number of rotatable bonds is 8. The molecule has 3 aromatic rings. The van der Waals surface area contributed by atoms with Gasteiger partial charge in [-0.1, -0.05) is 32.0 Å². The van der Waals surface area contributed by atoms with Crippen LogP contribution in [0.25, 0.3) is 11.5 Å². The van der Waals surface area contributed by atoms with Crippen molar-refractivity contribution in [2.75, 3.05) is 6.54 Å². The highest BCUT2D eigenvalue weighted by Crippen LogP contribution is 2.24. The third-order valence-electron chi connectivity index (χ3n) is 4.73. The summed E-state index contributed by atoms with van der Waals surface area (Å²) in [6, 6.07) is 12.2. The zero-order chi connectivity index (χ0) is 19.9. The van der Waals surface area contributed by atoms with Crippen molar-refractivity contribution >= 4 is 5.91 Å². The lowest BCUT2D eigenvalue weighted by Crippen LogP contribution is -2.26. The standard InChI is InChI=1S/C23H27N3O2/c1-16(2)19-8-10-20(11-9-19)23-26-21(17(3)28-23)14-22(27)25-13-5-7-18-6-4-12-24-15-18/h4,6,8-12,15-16H,5,7,13-14H2,1-3H3,(H,25,27). The van der Waals surface area contributed by atoms with Gasteiger partial charge in [0.15, 0.2) is 0 Å². The van der Waals surface area contributed by atoms with E-state index < -0.39 is 0 Å². The Bertz CT molecular complexity index is 899. The summed E-state index contributed by atoms with van der Waals surface area (Å²) in [7, 11) is 0. The van der Waals surface area contributed by atoms with E-state index in [0.717, 1.165) is 18.4 Å². The van der Waals surface area contributed by atoms with Crippen LogP contribution in [0.15, 0.2) is 53.2 Å². The minimum Gasteiger partial charge on any atom is -0.441 e. The summed E-state index contributed by atoms with van der Waals surface area (Å²) >= 11 is 0. The van der Waals surface area contributed by atoms with Crippen LogP contribution in [-0.2, 0) is 17.6 Å². The molecule has 0 saturated heterocycles. The topological polar surface area (TPSA) is 68.0 Å². The van der Waals surface area contributed by atoms with E-state index in [1.807, 2.05) is 37.4 Å². The van der Waals surface area contributed by atoms with Crippen LogP contribution in [0.1, 0.15) is 48.8 Å². The molecule has 5 heteroatoms. The number of amides is 1. The lowest BCUT2D eigenvalue weighted by atomic mass is 10.0. The van der Waals surface area contributed by atoms with Crippen molar-refractivity contribution in [1.82, 2.24) is 15.3 Å². The van der Waals surface area contributed by atoms with Crippen LogP contribution in [0, 0.1) is 6.92 Å². The fraction of sp³-hybridized carbons (Fsp3) is 0.348. The first-order valence-corrected chi connectivity index (χ1v) is 9.75. The lowest BCUT2D eigenvalue weighted by molar-refractivity contribution is -0.120. The van der Waals surface area contributed by atoms with Crippen LogP contribution in [0.3, 0.4) is 0 Å². The number of hydrogen-bond donors (Lipinski definition) is 1. The van der Waals surface area contributed by atoms with E-state index in [9.17, 15) is 4.79 Å². The normalized spacial score (nSPS) is 11.0. The smallest absolute Gasteiger partial charge is 0.226 e. The Balaban J connectivity index is 1.52. The Morgan fingerprint density at radius 2 is 1.96 bits per heavy atom. The van der Waals surface area contributed by atoms with E-state index in [1.54, 1.807) is 6.20 Å². The molecule has 146 valence electrons. The number of aromatic nitrogens is 2. The molecule has 0 unspecified atom stereocenters. The van der Waals surface area contributed by atoms with Crippen LogP contribution in [0.5, 0.6) is 0 Å². The zero-order valence-corrected chi connectivity index (χ0v) is 16.7. The fourth-order valence-corrected chi connectivity index (χ4v) is 3.01. The maximum atomic E-state index is 12.2. The van der Waals surface area contributed by atoms with E-state index in [0.29, 0.717) is 29.8 Å². The number of aryl methyl sites for hydroxylation is 2. The molecule has 1 N–H and O–H groups in total. The molecule has 0 saturated carbocycles. The highest BCUT2D eigenvalue weighted by molar-refractivity contribution is 5.78. The molecule has 0 spiro atoms. The molecule has 1 amide bonds. The van der Waals surface area contributed by atoms with E-state index >= 15 is 0 Å². The summed E-state index contributed by atoms with van der Waals surface area (Å²) in [6.45, 7) is 6.81. The molecular weight excluding hydrogens is 350 g/mol. The van der Waals surface area contributed by atoms with Gasteiger partial charge in [0.2, 0.25) is 11.8 Å². The van der Waals surface area contributed by atoms with Gasteiger partial charge in [-0.25, -0.2) is 4.98 Å². The molecule has 5 nitrogen and oxygen atoms in total. The van der Waals surface area contributed by atoms with Gasteiger partial charge in [-0.15, -0.1) is 0 Å². The van der Waals surface area contributed by atoms with Crippen molar-refractivity contribution in [2.45, 2.75) is 46.0 Å². The van der Waals surface area contributed by atoms with Gasteiger partial charge in [0, 0.05) is 24.5 Å². The zero-order valence-electron chi connectivity index (χ0n) is 16.7. The Hall–Kier alpha value is -2.95. The Morgan fingerprint density at radius 3 is 2.64 bits per heavy atom. The van der Waals surface area contributed by atoms with Gasteiger partial charge in [-0.3, -0.25) is 9.78 Å². The maximum Gasteiger partial charge on any atom is 0.226 e. The number of oxazole rings is 1. The summed E-state index contributed by atoms with van der Waals surface area (Å²) in [5.74, 6) is 1.70. The molecule has 0 radical (unpaired) electrons. The largest absolute Gasteiger partial charge is 0.441 e. The number of benzene rings is 1. The molecular formula is C23H27N3O2. The number of nitrogens with zero attached hydrogens (tertiary/aromatic N) is 2. The van der Waals surface area contributed by atoms with Crippen LogP contribution < -0.4 is 5.32 Å². The maximum absolute atomic E-state index is 12.2. The third kappa shape index (κ3) is 5.28. The highest BCUT2D eigenvalue weighted by atomic mass is 16.4. The van der Waals surface area contributed by atoms with Gasteiger partial charge < -0.3 is 9.73 Å². The summed E-state index contributed by atoms with van der Waals surface area (Å²) < 4.78 is 5.79. The fourth-order valence-electron chi connectivity index (χ4n) is 3.01. The number of hydrogen-bond acceptors (Lipinski definition) is 4.